The van der Waals surface area contributed by atoms with E-state index in [1.54, 1.807) is 13.8 Å². The van der Waals surface area contributed by atoms with Crippen LogP contribution in [0.1, 0.15) is 11.3 Å². The summed E-state index contributed by atoms with van der Waals surface area (Å²) in [6, 6.07) is 3.31. The zero-order valence-corrected chi connectivity index (χ0v) is 7.77. The number of fused-ring (bicyclic) bond motifs is 1. The second-order valence-electron chi connectivity index (χ2n) is 3.19. The van der Waals surface area contributed by atoms with Gasteiger partial charge in [-0.25, -0.2) is 0 Å². The SMILES string of the molecule is Cc1cc([N+](=O)[O-])c2onc(C)c2c1. The van der Waals surface area contributed by atoms with Gasteiger partial charge in [0.05, 0.1) is 16.0 Å². The van der Waals surface area contributed by atoms with Crippen molar-refractivity contribution in [2.24, 2.45) is 0 Å². The van der Waals surface area contributed by atoms with Gasteiger partial charge in [0.25, 0.3) is 0 Å². The highest BCUT2D eigenvalue weighted by Gasteiger charge is 2.18. The molecule has 5 heteroatoms. The number of hydrogen-bond acceptors (Lipinski definition) is 4. The molecule has 5 nitrogen and oxygen atoms in total. The molecule has 1 aromatic carbocycles. The molecule has 0 saturated carbocycles. The maximum absolute atomic E-state index is 10.7. The first-order chi connectivity index (χ1) is 6.59. The molecular formula is C9H8N2O3. The molecule has 0 bridgehead atoms. The van der Waals surface area contributed by atoms with Crippen LogP contribution >= 0.6 is 0 Å². The summed E-state index contributed by atoms with van der Waals surface area (Å²) >= 11 is 0. The molecule has 1 heterocycles. The van der Waals surface area contributed by atoms with E-state index in [2.05, 4.69) is 5.16 Å². The van der Waals surface area contributed by atoms with Gasteiger partial charge in [-0.1, -0.05) is 5.16 Å². The monoisotopic (exact) mass is 192 g/mol. The van der Waals surface area contributed by atoms with Crippen molar-refractivity contribution < 1.29 is 9.45 Å². The molecule has 14 heavy (non-hydrogen) atoms. The van der Waals surface area contributed by atoms with Gasteiger partial charge in [-0.3, -0.25) is 10.1 Å². The van der Waals surface area contributed by atoms with E-state index < -0.39 is 4.92 Å². The standard InChI is InChI=1S/C9H8N2O3/c1-5-3-7-6(2)10-14-9(7)8(4-5)11(12)13/h3-4H,1-2H3. The Bertz CT molecular complexity index is 516. The summed E-state index contributed by atoms with van der Waals surface area (Å²) in [6.45, 7) is 3.56. The number of aryl methyl sites for hydroxylation is 2. The van der Waals surface area contributed by atoms with Crippen molar-refractivity contribution in [1.29, 1.82) is 0 Å². The van der Waals surface area contributed by atoms with Crippen LogP contribution in [0.4, 0.5) is 5.69 Å². The van der Waals surface area contributed by atoms with Gasteiger partial charge in [-0.15, -0.1) is 0 Å². The van der Waals surface area contributed by atoms with Crippen LogP contribution in [0.5, 0.6) is 0 Å². The van der Waals surface area contributed by atoms with Gasteiger partial charge in [0.1, 0.15) is 0 Å². The minimum absolute atomic E-state index is 0.0272. The van der Waals surface area contributed by atoms with Crippen molar-refractivity contribution in [1.82, 2.24) is 5.16 Å². The van der Waals surface area contributed by atoms with Crippen LogP contribution in [-0.4, -0.2) is 10.1 Å². The molecule has 0 unspecified atom stereocenters. The first-order valence-corrected chi connectivity index (χ1v) is 4.10. The second-order valence-corrected chi connectivity index (χ2v) is 3.19. The van der Waals surface area contributed by atoms with Crippen molar-refractivity contribution in [3.63, 3.8) is 0 Å². The lowest BCUT2D eigenvalue weighted by molar-refractivity contribution is -0.383. The zero-order chi connectivity index (χ0) is 10.3. The van der Waals surface area contributed by atoms with E-state index in [9.17, 15) is 10.1 Å². The van der Waals surface area contributed by atoms with E-state index in [-0.39, 0.29) is 11.3 Å². The molecule has 0 N–H and O–H groups in total. The van der Waals surface area contributed by atoms with Crippen LogP contribution < -0.4 is 0 Å². The maximum Gasteiger partial charge on any atom is 0.315 e. The Morgan fingerprint density at radius 1 is 1.43 bits per heavy atom. The Labute approximate surface area is 79.5 Å². The Morgan fingerprint density at radius 2 is 2.14 bits per heavy atom. The van der Waals surface area contributed by atoms with Crippen LogP contribution in [0.15, 0.2) is 16.7 Å². The predicted octanol–water partition coefficient (Wildman–Crippen LogP) is 2.35. The summed E-state index contributed by atoms with van der Waals surface area (Å²) in [5.41, 5.74) is 1.72. The molecule has 0 aliphatic heterocycles. The average Bonchev–Trinajstić information content (AvgIpc) is 2.47. The first kappa shape index (κ1) is 8.68. The number of benzene rings is 1. The Hall–Kier alpha value is -1.91. The van der Waals surface area contributed by atoms with E-state index in [4.69, 9.17) is 4.52 Å². The Morgan fingerprint density at radius 3 is 2.79 bits per heavy atom. The molecule has 72 valence electrons. The topological polar surface area (TPSA) is 69.2 Å². The largest absolute Gasteiger partial charge is 0.349 e. The summed E-state index contributed by atoms with van der Waals surface area (Å²) in [5, 5.41) is 15.1. The number of nitro benzene ring substituents is 1. The lowest BCUT2D eigenvalue weighted by Crippen LogP contribution is -1.89. The molecule has 1 aromatic heterocycles. The summed E-state index contributed by atoms with van der Waals surface area (Å²) in [6.07, 6.45) is 0. The second kappa shape index (κ2) is 2.80. The van der Waals surface area contributed by atoms with Crippen molar-refractivity contribution in [2.75, 3.05) is 0 Å². The molecule has 0 fully saturated rings. The molecule has 0 radical (unpaired) electrons. The first-order valence-electron chi connectivity index (χ1n) is 4.10. The number of nitrogens with zero attached hydrogens (tertiary/aromatic N) is 2. The third kappa shape index (κ3) is 1.14. The third-order valence-electron chi connectivity index (χ3n) is 2.07. The molecule has 0 aliphatic carbocycles. The summed E-state index contributed by atoms with van der Waals surface area (Å²) in [7, 11) is 0. The van der Waals surface area contributed by atoms with Crippen LogP contribution in [0.25, 0.3) is 11.0 Å². The normalized spacial score (nSPS) is 10.7. The molecule has 2 aromatic rings. The Balaban J connectivity index is 2.88. The van der Waals surface area contributed by atoms with Gasteiger partial charge in [0, 0.05) is 6.07 Å². The van der Waals surface area contributed by atoms with Gasteiger partial charge in [0.15, 0.2) is 0 Å². The summed E-state index contributed by atoms with van der Waals surface area (Å²) in [5.74, 6) is 0. The van der Waals surface area contributed by atoms with Gasteiger partial charge >= 0.3 is 5.69 Å². The van der Waals surface area contributed by atoms with Crippen molar-refractivity contribution in [3.05, 3.63) is 33.5 Å². The highest BCUT2D eigenvalue weighted by Crippen LogP contribution is 2.28. The number of nitro groups is 1. The van der Waals surface area contributed by atoms with E-state index in [1.807, 2.05) is 6.07 Å². The summed E-state index contributed by atoms with van der Waals surface area (Å²) in [4.78, 5) is 10.2. The molecule has 0 atom stereocenters. The molecule has 0 amide bonds. The lowest BCUT2D eigenvalue weighted by atomic mass is 10.1. The van der Waals surface area contributed by atoms with Crippen LogP contribution in [0.3, 0.4) is 0 Å². The van der Waals surface area contributed by atoms with Crippen molar-refractivity contribution >= 4 is 16.7 Å². The van der Waals surface area contributed by atoms with E-state index in [0.717, 1.165) is 5.56 Å². The number of hydrogen-bond donors (Lipinski definition) is 0. The fourth-order valence-electron chi connectivity index (χ4n) is 1.42. The number of aromatic nitrogens is 1. The molecule has 0 spiro atoms. The summed E-state index contributed by atoms with van der Waals surface area (Å²) < 4.78 is 4.90. The quantitative estimate of drug-likeness (QED) is 0.513. The molecule has 0 aliphatic rings. The van der Waals surface area contributed by atoms with E-state index in [0.29, 0.717) is 11.1 Å². The highest BCUT2D eigenvalue weighted by atomic mass is 16.6. The zero-order valence-electron chi connectivity index (χ0n) is 7.77. The van der Waals surface area contributed by atoms with Crippen LogP contribution in [0.2, 0.25) is 0 Å². The van der Waals surface area contributed by atoms with Gasteiger partial charge < -0.3 is 4.52 Å². The van der Waals surface area contributed by atoms with Gasteiger partial charge in [-0.2, -0.15) is 0 Å². The van der Waals surface area contributed by atoms with Crippen LogP contribution in [0, 0.1) is 24.0 Å². The van der Waals surface area contributed by atoms with E-state index >= 15 is 0 Å². The fourth-order valence-corrected chi connectivity index (χ4v) is 1.42. The predicted molar refractivity (Wildman–Crippen MR) is 50.1 cm³/mol. The lowest BCUT2D eigenvalue weighted by Gasteiger charge is -1.94. The van der Waals surface area contributed by atoms with E-state index in [1.165, 1.54) is 6.07 Å². The third-order valence-corrected chi connectivity index (χ3v) is 2.07. The maximum atomic E-state index is 10.7. The molecule has 2 rings (SSSR count). The smallest absolute Gasteiger partial charge is 0.315 e. The number of rotatable bonds is 1. The van der Waals surface area contributed by atoms with Gasteiger partial charge in [-0.05, 0) is 25.5 Å². The van der Waals surface area contributed by atoms with Crippen LogP contribution in [-0.2, 0) is 0 Å². The Kier molecular flexibility index (Phi) is 1.73. The molecular weight excluding hydrogens is 184 g/mol. The van der Waals surface area contributed by atoms with Gasteiger partial charge in [0.2, 0.25) is 5.58 Å². The average molecular weight is 192 g/mol. The number of non-ortho nitro benzene ring substituents is 1. The fraction of sp³-hybridized carbons (Fsp3) is 0.222. The highest BCUT2D eigenvalue weighted by molar-refractivity contribution is 5.87. The minimum Gasteiger partial charge on any atom is -0.349 e. The minimum atomic E-state index is -0.458. The molecule has 0 saturated heterocycles. The van der Waals surface area contributed by atoms with Crippen molar-refractivity contribution in [2.45, 2.75) is 13.8 Å². The van der Waals surface area contributed by atoms with Crippen molar-refractivity contribution in [3.8, 4) is 0 Å².